The number of nitrogens with two attached hydrogens (primary N) is 1. The van der Waals surface area contributed by atoms with Crippen molar-refractivity contribution in [2.24, 2.45) is 4.36 Å². The van der Waals surface area contributed by atoms with Gasteiger partial charge in [0.25, 0.3) is 0 Å². The Hall–Kier alpha value is -0.830. The molecular formula is C22H25IN2S3. The molecule has 0 aliphatic heterocycles. The van der Waals surface area contributed by atoms with Crippen LogP contribution in [-0.2, 0) is 18.8 Å². The molecule has 28 heavy (non-hydrogen) atoms. The van der Waals surface area contributed by atoms with Gasteiger partial charge in [-0.2, -0.15) is 4.36 Å². The minimum atomic E-state index is 0.677. The zero-order valence-electron chi connectivity index (χ0n) is 16.0. The topological polar surface area (TPSA) is 38.4 Å². The minimum absolute atomic E-state index is 0.677. The van der Waals surface area contributed by atoms with Gasteiger partial charge in [0.15, 0.2) is 0 Å². The molecule has 0 saturated heterocycles. The van der Waals surface area contributed by atoms with Gasteiger partial charge in [0.1, 0.15) is 5.69 Å². The fourth-order valence-corrected chi connectivity index (χ4v) is 6.22. The maximum absolute atomic E-state index is 6.47. The normalized spacial score (nSPS) is 11.1. The van der Waals surface area contributed by atoms with E-state index in [0.717, 1.165) is 28.1 Å². The third-order valence-corrected chi connectivity index (χ3v) is 8.08. The molecule has 0 spiro atoms. The minimum Gasteiger partial charge on any atom is -0.396 e. The molecule has 0 aliphatic rings. The molecule has 0 fully saturated rings. The first kappa shape index (κ1) is 21.9. The Balaban J connectivity index is 1.74. The molecule has 0 bridgehead atoms. The van der Waals surface area contributed by atoms with Gasteiger partial charge in [-0.15, -0.1) is 22.7 Å². The van der Waals surface area contributed by atoms with Crippen LogP contribution in [-0.4, -0.2) is 0 Å². The smallest absolute Gasteiger partial charge is 0.109 e. The van der Waals surface area contributed by atoms with E-state index in [0.29, 0.717) is 5.69 Å². The van der Waals surface area contributed by atoms with Crippen LogP contribution in [0.15, 0.2) is 39.4 Å². The van der Waals surface area contributed by atoms with Crippen molar-refractivity contribution in [2.45, 2.75) is 51.9 Å². The van der Waals surface area contributed by atoms with Gasteiger partial charge >= 0.3 is 0 Å². The van der Waals surface area contributed by atoms with E-state index >= 15 is 0 Å². The van der Waals surface area contributed by atoms with Gasteiger partial charge in [0, 0.05) is 42.3 Å². The largest absolute Gasteiger partial charge is 0.396 e. The van der Waals surface area contributed by atoms with Crippen LogP contribution in [0.5, 0.6) is 0 Å². The van der Waals surface area contributed by atoms with Crippen LogP contribution in [0.2, 0.25) is 0 Å². The summed E-state index contributed by atoms with van der Waals surface area (Å²) in [4.78, 5) is 2.35. The predicted octanol–water partition coefficient (Wildman–Crippen LogP) is 8.60. The summed E-state index contributed by atoms with van der Waals surface area (Å²) in [6.45, 7) is 2.26. The van der Waals surface area contributed by atoms with Crippen molar-refractivity contribution in [2.75, 3.05) is 5.73 Å². The summed E-state index contributed by atoms with van der Waals surface area (Å²) in [5.74, 6) is 0. The van der Waals surface area contributed by atoms with Crippen molar-refractivity contribution in [1.29, 1.82) is 0 Å². The van der Waals surface area contributed by atoms with Gasteiger partial charge < -0.3 is 5.73 Å². The van der Waals surface area contributed by atoms with Crippen LogP contribution in [0.1, 0.15) is 51.0 Å². The summed E-state index contributed by atoms with van der Waals surface area (Å²) in [7, 11) is 0. The Morgan fingerprint density at radius 2 is 1.64 bits per heavy atom. The zero-order chi connectivity index (χ0) is 19.9. The Morgan fingerprint density at radius 1 is 0.964 bits per heavy atom. The molecule has 0 amide bonds. The van der Waals surface area contributed by atoms with Crippen LogP contribution >= 0.6 is 45.3 Å². The number of nitrogens with zero attached hydrogens (tertiary/aromatic N) is 1. The van der Waals surface area contributed by atoms with Crippen molar-refractivity contribution in [3.05, 3.63) is 44.2 Å². The lowest BCUT2D eigenvalue weighted by Gasteiger charge is -2.10. The fraction of sp³-hybridized carbons (Fsp3) is 0.364. The standard InChI is InChI=1S/C22H25IN2S3/c1-2-3-4-5-6-7-8-15-11-19(27-13-15)18-10-9-17(21(24)22(18)25-26)20-12-16(23)14-28-20/h9-14H,2-8,24H2,1H3. The van der Waals surface area contributed by atoms with Crippen molar-refractivity contribution in [1.82, 2.24) is 0 Å². The first-order chi connectivity index (χ1) is 13.6. The number of hydrogen-bond acceptors (Lipinski definition) is 5. The first-order valence-corrected chi connectivity index (χ1v) is 12.9. The van der Waals surface area contributed by atoms with Crippen molar-refractivity contribution in [3.63, 3.8) is 0 Å². The maximum atomic E-state index is 6.47. The average molecular weight is 541 g/mol. The summed E-state index contributed by atoms with van der Waals surface area (Å²) >= 11 is 10.9. The lowest BCUT2D eigenvalue weighted by molar-refractivity contribution is 0.608. The van der Waals surface area contributed by atoms with Gasteiger partial charge in [-0.05, 0) is 58.5 Å². The van der Waals surface area contributed by atoms with Crippen LogP contribution in [0, 0.1) is 3.57 Å². The number of thiophene rings is 2. The summed E-state index contributed by atoms with van der Waals surface area (Å²) in [5, 5.41) is 4.39. The zero-order valence-corrected chi connectivity index (χ0v) is 20.6. The molecule has 1 aromatic carbocycles. The predicted molar refractivity (Wildman–Crippen MR) is 137 cm³/mol. The number of hydrogen-bond donors (Lipinski definition) is 1. The molecule has 0 unspecified atom stereocenters. The summed E-state index contributed by atoms with van der Waals surface area (Å²) in [6.07, 6.45) is 9.10. The highest BCUT2D eigenvalue weighted by molar-refractivity contribution is 14.1. The van der Waals surface area contributed by atoms with Crippen LogP contribution in [0.25, 0.3) is 20.9 Å². The number of unbranched alkanes of at least 4 members (excludes halogenated alkanes) is 5. The molecule has 0 atom stereocenters. The molecule has 6 heteroatoms. The number of rotatable bonds is 10. The lowest BCUT2D eigenvalue weighted by Crippen LogP contribution is -1.91. The Labute approximate surface area is 194 Å². The SMILES string of the molecule is CCCCCCCCc1csc(-c2ccc(-c3cc(I)cs3)c(N)c2N=S)c1. The second kappa shape index (κ2) is 10.8. The van der Waals surface area contributed by atoms with E-state index in [2.05, 4.69) is 68.9 Å². The summed E-state index contributed by atoms with van der Waals surface area (Å²) in [5.41, 5.74) is 11.3. The molecular weight excluding hydrogens is 515 g/mol. The lowest BCUT2D eigenvalue weighted by atomic mass is 10.0. The molecule has 0 radical (unpaired) electrons. The van der Waals surface area contributed by atoms with E-state index in [1.807, 2.05) is 0 Å². The molecule has 3 aromatic rings. The third-order valence-electron chi connectivity index (χ3n) is 4.88. The van der Waals surface area contributed by atoms with E-state index in [1.54, 1.807) is 22.7 Å². The number of aryl methyl sites for hydroxylation is 1. The number of nitrogen functional groups attached to an aromatic ring is 1. The number of benzene rings is 1. The molecule has 2 heterocycles. The van der Waals surface area contributed by atoms with Crippen molar-refractivity contribution >= 4 is 69.1 Å². The van der Waals surface area contributed by atoms with Gasteiger partial charge in [-0.3, -0.25) is 0 Å². The first-order valence-electron chi connectivity index (χ1n) is 9.72. The molecule has 3 rings (SSSR count). The quantitative estimate of drug-likeness (QED) is 0.159. The summed E-state index contributed by atoms with van der Waals surface area (Å²) in [6, 6.07) is 8.64. The number of anilines is 1. The van der Waals surface area contributed by atoms with Crippen molar-refractivity contribution < 1.29 is 0 Å². The molecule has 2 N–H and O–H groups in total. The van der Waals surface area contributed by atoms with Crippen molar-refractivity contribution in [3.8, 4) is 20.9 Å². The van der Waals surface area contributed by atoms with Crippen LogP contribution < -0.4 is 5.73 Å². The van der Waals surface area contributed by atoms with E-state index in [-0.39, 0.29) is 0 Å². The molecule has 0 aliphatic carbocycles. The second-order valence-corrected chi connectivity index (χ2v) is 10.2. The van der Waals surface area contributed by atoms with Gasteiger partial charge in [0.05, 0.1) is 5.69 Å². The highest BCUT2D eigenvalue weighted by atomic mass is 127. The Morgan fingerprint density at radius 3 is 2.36 bits per heavy atom. The molecule has 2 aromatic heterocycles. The van der Waals surface area contributed by atoms with Gasteiger partial charge in [0.2, 0.25) is 0 Å². The molecule has 2 nitrogen and oxygen atoms in total. The van der Waals surface area contributed by atoms with E-state index in [9.17, 15) is 0 Å². The molecule has 148 valence electrons. The third kappa shape index (κ3) is 5.40. The monoisotopic (exact) mass is 540 g/mol. The maximum Gasteiger partial charge on any atom is 0.109 e. The van der Waals surface area contributed by atoms with Gasteiger partial charge in [-0.1, -0.05) is 51.2 Å². The van der Waals surface area contributed by atoms with Crippen LogP contribution in [0.4, 0.5) is 11.4 Å². The Bertz CT molecular complexity index is 930. The average Bonchev–Trinajstić information content (AvgIpc) is 3.33. The highest BCUT2D eigenvalue weighted by Gasteiger charge is 2.16. The van der Waals surface area contributed by atoms with E-state index in [1.165, 1.54) is 52.5 Å². The second-order valence-electron chi connectivity index (χ2n) is 6.98. The van der Waals surface area contributed by atoms with Crippen LogP contribution in [0.3, 0.4) is 0 Å². The van der Waals surface area contributed by atoms with Gasteiger partial charge in [-0.25, -0.2) is 0 Å². The Kier molecular flexibility index (Phi) is 8.44. The fourth-order valence-electron chi connectivity index (χ4n) is 3.33. The van der Waals surface area contributed by atoms with E-state index in [4.69, 9.17) is 18.2 Å². The highest BCUT2D eigenvalue weighted by Crippen LogP contribution is 2.44. The summed E-state index contributed by atoms with van der Waals surface area (Å²) < 4.78 is 5.34. The number of halogens is 1. The van der Waals surface area contributed by atoms with E-state index < -0.39 is 0 Å². The molecule has 0 saturated carbocycles.